The lowest BCUT2D eigenvalue weighted by Crippen LogP contribution is -2.23. The number of Topliss-reactive ketones (excluding diaryl/α,β-unsaturated/α-hetero) is 1. The van der Waals surface area contributed by atoms with Gasteiger partial charge in [-0.05, 0) is 48.0 Å². The predicted octanol–water partition coefficient (Wildman–Crippen LogP) is 3.54. The van der Waals surface area contributed by atoms with E-state index in [1.807, 2.05) is 55.0 Å². The number of nitrogens with zero attached hydrogens (tertiary/aromatic N) is 3. The van der Waals surface area contributed by atoms with E-state index >= 15 is 0 Å². The molecule has 8 nitrogen and oxygen atoms in total. The average Bonchev–Trinajstić information content (AvgIpc) is 2.79. The third-order valence-corrected chi connectivity index (χ3v) is 5.80. The molecule has 0 spiro atoms. The van der Waals surface area contributed by atoms with E-state index in [0.29, 0.717) is 16.6 Å². The Morgan fingerprint density at radius 3 is 2.40 bits per heavy atom. The monoisotopic (exact) mass is 470 g/mol. The van der Waals surface area contributed by atoms with Crippen molar-refractivity contribution in [1.82, 2.24) is 4.57 Å². The van der Waals surface area contributed by atoms with Crippen LogP contribution in [-0.4, -0.2) is 41.4 Å². The van der Waals surface area contributed by atoms with E-state index in [-0.39, 0.29) is 34.5 Å². The molecule has 0 radical (unpaired) electrons. The Bertz CT molecular complexity index is 1490. The summed E-state index contributed by atoms with van der Waals surface area (Å²) in [5.41, 5.74) is 4.53. The maximum absolute atomic E-state index is 13.1. The Hall–Kier alpha value is -4.46. The van der Waals surface area contributed by atoms with Crippen LogP contribution in [-0.2, 0) is 21.4 Å². The molecule has 0 atom stereocenters. The predicted molar refractivity (Wildman–Crippen MR) is 136 cm³/mol. The molecule has 3 aliphatic rings. The fraction of sp³-hybridized carbons (Fsp3) is 0.185. The number of carbonyl (C=O) groups is 3. The van der Waals surface area contributed by atoms with Crippen LogP contribution in [0.1, 0.15) is 25.0 Å². The maximum Gasteiger partial charge on any atom is 0.243 e. The number of hydrogen-bond acceptors (Lipinski definition) is 5. The van der Waals surface area contributed by atoms with Crippen molar-refractivity contribution < 1.29 is 19.5 Å². The molecule has 0 fully saturated rings. The van der Waals surface area contributed by atoms with Gasteiger partial charge in [0.1, 0.15) is 5.76 Å². The Kier molecular flexibility index (Phi) is 6.13. The van der Waals surface area contributed by atoms with Crippen molar-refractivity contribution in [3.05, 3.63) is 76.5 Å². The fourth-order valence-corrected chi connectivity index (χ4v) is 4.08. The number of aryl methyl sites for hydroxylation is 1. The molecule has 0 saturated carbocycles. The molecule has 35 heavy (non-hydrogen) atoms. The van der Waals surface area contributed by atoms with E-state index in [1.54, 1.807) is 30.3 Å². The second kappa shape index (κ2) is 9.06. The van der Waals surface area contributed by atoms with Crippen molar-refractivity contribution in [2.24, 2.45) is 12.0 Å². The minimum Gasteiger partial charge on any atom is -0.506 e. The standard InChI is InChI=1S/C27H26N4O4/c1-15(32)28-18-6-8-20-17(10-11-31(5)24(20)13-18)12-22-26(34)25(27(22)35)21-9-7-19(30(3)4)14-23(21)29-16(2)33/h6-14,34H,1-5H3,(H,29,33). The summed E-state index contributed by atoms with van der Waals surface area (Å²) in [4.78, 5) is 42.1. The van der Waals surface area contributed by atoms with Gasteiger partial charge < -0.3 is 19.9 Å². The summed E-state index contributed by atoms with van der Waals surface area (Å²) < 4.78 is 1.90. The molecular formula is C27H26N4O4. The minimum absolute atomic E-state index is 0.121. The van der Waals surface area contributed by atoms with Crippen LogP contribution in [0.2, 0.25) is 0 Å². The van der Waals surface area contributed by atoms with Gasteiger partial charge in [0, 0.05) is 58.0 Å². The van der Waals surface area contributed by atoms with Crippen molar-refractivity contribution in [3.63, 3.8) is 0 Å². The van der Waals surface area contributed by atoms with E-state index < -0.39 is 0 Å². The van der Waals surface area contributed by atoms with Crippen LogP contribution in [0.4, 0.5) is 11.4 Å². The first-order valence-corrected chi connectivity index (χ1v) is 11.0. The average molecular weight is 471 g/mol. The molecule has 0 bridgehead atoms. The smallest absolute Gasteiger partial charge is 0.243 e. The zero-order valence-corrected chi connectivity index (χ0v) is 20.2. The lowest BCUT2D eigenvalue weighted by molar-refractivity contribution is -0.116. The first-order valence-electron chi connectivity index (χ1n) is 11.0. The van der Waals surface area contributed by atoms with Crippen molar-refractivity contribution in [2.45, 2.75) is 13.8 Å². The van der Waals surface area contributed by atoms with Gasteiger partial charge in [0.25, 0.3) is 0 Å². The summed E-state index contributed by atoms with van der Waals surface area (Å²) in [6, 6.07) is 12.5. The molecule has 1 aromatic carbocycles. The van der Waals surface area contributed by atoms with Gasteiger partial charge in [-0.1, -0.05) is 6.07 Å². The second-order valence-corrected chi connectivity index (χ2v) is 8.63. The number of anilines is 2. The highest BCUT2D eigenvalue weighted by atomic mass is 16.3. The van der Waals surface area contributed by atoms with E-state index in [1.165, 1.54) is 13.8 Å². The lowest BCUT2D eigenvalue weighted by Gasteiger charge is -2.25. The topological polar surface area (TPSA) is 104 Å². The largest absolute Gasteiger partial charge is 0.506 e. The van der Waals surface area contributed by atoms with Gasteiger partial charge in [0.05, 0.1) is 27.9 Å². The molecule has 1 aromatic rings. The lowest BCUT2D eigenvalue weighted by atomic mass is 9.81. The number of fused-ring (bicyclic) bond motifs is 1. The zero-order valence-electron chi connectivity index (χ0n) is 20.2. The van der Waals surface area contributed by atoms with Crippen molar-refractivity contribution >= 4 is 40.6 Å². The summed E-state index contributed by atoms with van der Waals surface area (Å²) >= 11 is 0. The van der Waals surface area contributed by atoms with Crippen molar-refractivity contribution in [3.8, 4) is 11.3 Å². The Morgan fingerprint density at radius 2 is 1.77 bits per heavy atom. The number of amides is 2. The minimum atomic E-state index is -0.309. The van der Waals surface area contributed by atoms with Crippen LogP contribution in [0.3, 0.4) is 0 Å². The van der Waals surface area contributed by atoms with E-state index in [9.17, 15) is 19.5 Å². The molecule has 4 rings (SSSR count). The number of carbonyl (C=O) groups excluding carboxylic acids is 3. The molecule has 2 N–H and O–H groups in total. The van der Waals surface area contributed by atoms with E-state index in [0.717, 1.165) is 22.5 Å². The Labute approximate surface area is 202 Å². The van der Waals surface area contributed by atoms with Gasteiger partial charge in [0.15, 0.2) is 0 Å². The SMILES string of the molecule is CC(=O)N=c1ccc2c(C=C3C(=O)C(c4ccc(N(C)C)cc4NC(C)=O)=C3O)ccn(C)c-2c1. The number of aliphatic hydroxyl groups is 1. The summed E-state index contributed by atoms with van der Waals surface area (Å²) in [5.74, 6) is -0.991. The van der Waals surface area contributed by atoms with Gasteiger partial charge in [-0.3, -0.25) is 14.4 Å². The Morgan fingerprint density at radius 1 is 1.06 bits per heavy atom. The number of nitrogens with one attached hydrogen (secondary N) is 1. The Balaban J connectivity index is 1.80. The molecule has 0 unspecified atom stereocenters. The number of benzene rings is 2. The number of pyridine rings is 1. The van der Waals surface area contributed by atoms with Gasteiger partial charge in [-0.25, -0.2) is 4.99 Å². The fourth-order valence-electron chi connectivity index (χ4n) is 4.08. The molecule has 2 aliphatic carbocycles. The van der Waals surface area contributed by atoms with Gasteiger partial charge in [-0.2, -0.15) is 0 Å². The molecule has 8 heteroatoms. The molecule has 2 amide bonds. The normalized spacial score (nSPS) is 14.9. The highest BCUT2D eigenvalue weighted by Gasteiger charge is 2.36. The number of allylic oxidation sites excluding steroid dienone is 2. The summed E-state index contributed by atoms with van der Waals surface area (Å²) in [6.07, 6.45) is 3.49. The van der Waals surface area contributed by atoms with Gasteiger partial charge >= 0.3 is 0 Å². The highest BCUT2D eigenvalue weighted by Crippen LogP contribution is 2.41. The quantitative estimate of drug-likeness (QED) is 0.568. The third kappa shape index (κ3) is 4.50. The number of ketones is 1. The molecule has 1 heterocycles. The first-order chi connectivity index (χ1) is 16.6. The van der Waals surface area contributed by atoms with Gasteiger partial charge in [-0.15, -0.1) is 0 Å². The van der Waals surface area contributed by atoms with Crippen LogP contribution >= 0.6 is 0 Å². The van der Waals surface area contributed by atoms with Crippen LogP contribution in [0.25, 0.3) is 22.9 Å². The molecule has 178 valence electrons. The van der Waals surface area contributed by atoms with Crippen LogP contribution < -0.4 is 15.6 Å². The van der Waals surface area contributed by atoms with Crippen molar-refractivity contribution in [1.29, 1.82) is 0 Å². The number of rotatable bonds is 4. The van der Waals surface area contributed by atoms with Gasteiger partial charge in [0.2, 0.25) is 17.6 Å². The van der Waals surface area contributed by atoms with Crippen LogP contribution in [0.15, 0.2) is 65.0 Å². The number of aliphatic hydroxyl groups excluding tert-OH is 1. The number of aromatic nitrogens is 1. The van der Waals surface area contributed by atoms with Crippen molar-refractivity contribution in [2.75, 3.05) is 24.3 Å². The zero-order chi connectivity index (χ0) is 25.4. The summed E-state index contributed by atoms with van der Waals surface area (Å²) in [5, 5.41) is 14.2. The third-order valence-electron chi connectivity index (χ3n) is 5.80. The highest BCUT2D eigenvalue weighted by molar-refractivity contribution is 6.41. The van der Waals surface area contributed by atoms with E-state index in [2.05, 4.69) is 10.3 Å². The first kappa shape index (κ1) is 23.7. The van der Waals surface area contributed by atoms with E-state index in [4.69, 9.17) is 0 Å². The molecule has 0 aromatic heterocycles. The maximum atomic E-state index is 13.1. The number of hydrogen-bond donors (Lipinski definition) is 2. The molecular weight excluding hydrogens is 444 g/mol. The summed E-state index contributed by atoms with van der Waals surface area (Å²) in [6.45, 7) is 2.79. The summed E-state index contributed by atoms with van der Waals surface area (Å²) in [7, 11) is 5.63. The molecule has 1 aliphatic heterocycles. The van der Waals surface area contributed by atoms with Crippen LogP contribution in [0.5, 0.6) is 0 Å². The molecule has 0 saturated heterocycles. The second-order valence-electron chi connectivity index (χ2n) is 8.63. The van der Waals surface area contributed by atoms with Crippen LogP contribution in [0, 0.1) is 0 Å².